The third-order valence-electron chi connectivity index (χ3n) is 6.28. The number of likely N-dealkylation sites (tertiary alicyclic amines) is 1. The van der Waals surface area contributed by atoms with Gasteiger partial charge in [0, 0.05) is 13.0 Å². The average Bonchev–Trinajstić information content (AvgIpc) is 3.33. The van der Waals surface area contributed by atoms with Crippen LogP contribution in [-0.4, -0.2) is 30.4 Å². The third kappa shape index (κ3) is 3.32. The van der Waals surface area contributed by atoms with Crippen molar-refractivity contribution in [1.82, 2.24) is 10.2 Å². The van der Waals surface area contributed by atoms with Gasteiger partial charge in [-0.2, -0.15) is 0 Å². The number of hydrogen-bond donors (Lipinski definition) is 1. The Morgan fingerprint density at radius 2 is 2.17 bits per heavy atom. The molecule has 0 unspecified atom stereocenters. The van der Waals surface area contributed by atoms with Gasteiger partial charge in [-0.1, -0.05) is 6.42 Å². The molecule has 4 atom stereocenters. The minimum absolute atomic E-state index is 0.191. The molecular formula is C19H28N2O2. The van der Waals surface area contributed by atoms with Gasteiger partial charge in [0.15, 0.2) is 0 Å². The van der Waals surface area contributed by atoms with Crippen molar-refractivity contribution in [3.05, 3.63) is 24.2 Å². The van der Waals surface area contributed by atoms with E-state index in [2.05, 4.69) is 10.2 Å². The summed E-state index contributed by atoms with van der Waals surface area (Å²) < 4.78 is 5.62. The fourth-order valence-corrected chi connectivity index (χ4v) is 5.09. The molecule has 2 aliphatic carbocycles. The lowest BCUT2D eigenvalue weighted by atomic mass is 9.86. The summed E-state index contributed by atoms with van der Waals surface area (Å²) in [5.74, 6) is 3.59. The molecule has 4 nitrogen and oxygen atoms in total. The van der Waals surface area contributed by atoms with Gasteiger partial charge in [-0.15, -0.1) is 0 Å². The van der Waals surface area contributed by atoms with Gasteiger partial charge >= 0.3 is 0 Å². The molecule has 1 amide bonds. The molecule has 126 valence electrons. The van der Waals surface area contributed by atoms with Gasteiger partial charge in [0.05, 0.1) is 12.3 Å². The van der Waals surface area contributed by atoms with Crippen molar-refractivity contribution in [1.29, 1.82) is 0 Å². The maximum absolute atomic E-state index is 12.4. The average molecular weight is 316 g/mol. The van der Waals surface area contributed by atoms with Gasteiger partial charge in [0.2, 0.25) is 5.91 Å². The molecule has 0 radical (unpaired) electrons. The summed E-state index contributed by atoms with van der Waals surface area (Å²) in [6.45, 7) is 2.88. The van der Waals surface area contributed by atoms with E-state index in [1.165, 1.54) is 38.5 Å². The Kier molecular flexibility index (Phi) is 4.43. The molecule has 1 aliphatic heterocycles. The fourth-order valence-electron chi connectivity index (χ4n) is 5.09. The molecule has 4 rings (SSSR count). The summed E-state index contributed by atoms with van der Waals surface area (Å²) in [6, 6.07) is 4.16. The van der Waals surface area contributed by atoms with E-state index in [-0.39, 0.29) is 11.9 Å². The topological polar surface area (TPSA) is 45.5 Å². The van der Waals surface area contributed by atoms with Gasteiger partial charge in [-0.05, 0) is 75.1 Å². The Balaban J connectivity index is 1.31. The third-order valence-corrected chi connectivity index (χ3v) is 6.28. The fraction of sp³-hybridized carbons (Fsp3) is 0.737. The molecular weight excluding hydrogens is 288 g/mol. The molecule has 4 heteroatoms. The number of fused-ring (bicyclic) bond motifs is 2. The highest BCUT2D eigenvalue weighted by Gasteiger charge is 2.40. The largest absolute Gasteiger partial charge is 0.468 e. The van der Waals surface area contributed by atoms with Gasteiger partial charge in [0.25, 0.3) is 0 Å². The molecule has 3 fully saturated rings. The van der Waals surface area contributed by atoms with Crippen molar-refractivity contribution in [2.45, 2.75) is 51.0 Å². The standard InChI is InChI=1S/C19H28N2O2/c22-19(12-16-11-14-5-6-15(16)10-14)20-13-17(18-4-3-9-23-18)21-7-1-2-8-21/h3-4,9,14-17H,1-2,5-8,10-13H2,(H,20,22)/t14-,15-,16+,17+/m0/s1. The lowest BCUT2D eigenvalue weighted by molar-refractivity contribution is -0.122. The maximum Gasteiger partial charge on any atom is 0.220 e. The second kappa shape index (κ2) is 6.68. The van der Waals surface area contributed by atoms with Crippen molar-refractivity contribution in [2.75, 3.05) is 19.6 Å². The van der Waals surface area contributed by atoms with Crippen LogP contribution in [0.15, 0.2) is 22.8 Å². The summed E-state index contributed by atoms with van der Waals surface area (Å²) in [4.78, 5) is 14.8. The van der Waals surface area contributed by atoms with Crippen LogP contribution in [-0.2, 0) is 4.79 Å². The molecule has 23 heavy (non-hydrogen) atoms. The molecule has 1 aromatic heterocycles. The SMILES string of the molecule is O=C(C[C@H]1C[C@H]2CC[C@H]1C2)NC[C@H](c1ccco1)N1CCCC1. The van der Waals surface area contributed by atoms with Crippen LogP contribution < -0.4 is 5.32 Å². The van der Waals surface area contributed by atoms with Crippen LogP contribution in [0.4, 0.5) is 0 Å². The number of carbonyl (C=O) groups excluding carboxylic acids is 1. The minimum Gasteiger partial charge on any atom is -0.468 e. The van der Waals surface area contributed by atoms with Gasteiger partial charge in [0.1, 0.15) is 5.76 Å². The van der Waals surface area contributed by atoms with Gasteiger partial charge in [-0.3, -0.25) is 9.69 Å². The van der Waals surface area contributed by atoms with Crippen molar-refractivity contribution < 1.29 is 9.21 Å². The molecule has 2 bridgehead atoms. The number of amides is 1. The van der Waals surface area contributed by atoms with Crippen LogP contribution in [0, 0.1) is 17.8 Å². The molecule has 0 spiro atoms. The van der Waals surface area contributed by atoms with E-state index in [0.29, 0.717) is 12.5 Å². The summed E-state index contributed by atoms with van der Waals surface area (Å²) in [5, 5.41) is 3.19. The number of hydrogen-bond acceptors (Lipinski definition) is 3. The second-order valence-electron chi connectivity index (χ2n) is 7.72. The Morgan fingerprint density at radius 1 is 1.30 bits per heavy atom. The zero-order valence-corrected chi connectivity index (χ0v) is 13.9. The number of nitrogens with zero attached hydrogens (tertiary/aromatic N) is 1. The maximum atomic E-state index is 12.4. The van der Waals surface area contributed by atoms with Gasteiger partial charge in [-0.25, -0.2) is 0 Å². The van der Waals surface area contributed by atoms with Crippen LogP contribution in [0.5, 0.6) is 0 Å². The Labute approximate surface area is 138 Å². The molecule has 1 N–H and O–H groups in total. The summed E-state index contributed by atoms with van der Waals surface area (Å²) in [5.41, 5.74) is 0. The van der Waals surface area contributed by atoms with Crippen molar-refractivity contribution in [3.8, 4) is 0 Å². The predicted octanol–water partition coefficient (Wildman–Crippen LogP) is 3.36. The zero-order chi connectivity index (χ0) is 15.6. The van der Waals surface area contributed by atoms with Crippen LogP contribution >= 0.6 is 0 Å². The first-order valence-electron chi connectivity index (χ1n) is 9.34. The molecule has 3 aliphatic rings. The van der Waals surface area contributed by atoms with E-state index in [0.717, 1.165) is 37.1 Å². The van der Waals surface area contributed by atoms with E-state index >= 15 is 0 Å². The van der Waals surface area contributed by atoms with Crippen LogP contribution in [0.1, 0.15) is 56.7 Å². The zero-order valence-electron chi connectivity index (χ0n) is 13.9. The van der Waals surface area contributed by atoms with Crippen LogP contribution in [0.2, 0.25) is 0 Å². The Bertz CT molecular complexity index is 521. The van der Waals surface area contributed by atoms with Crippen LogP contribution in [0.3, 0.4) is 0 Å². The second-order valence-corrected chi connectivity index (χ2v) is 7.72. The van der Waals surface area contributed by atoms with E-state index < -0.39 is 0 Å². The van der Waals surface area contributed by atoms with E-state index in [1.807, 2.05) is 12.1 Å². The van der Waals surface area contributed by atoms with E-state index in [4.69, 9.17) is 4.42 Å². The highest BCUT2D eigenvalue weighted by Crippen LogP contribution is 2.49. The van der Waals surface area contributed by atoms with Crippen molar-refractivity contribution in [3.63, 3.8) is 0 Å². The van der Waals surface area contributed by atoms with E-state index in [9.17, 15) is 4.79 Å². The first-order valence-corrected chi connectivity index (χ1v) is 9.34. The van der Waals surface area contributed by atoms with Crippen molar-refractivity contribution in [2.24, 2.45) is 17.8 Å². The molecule has 2 heterocycles. The van der Waals surface area contributed by atoms with Crippen LogP contribution in [0.25, 0.3) is 0 Å². The number of carbonyl (C=O) groups is 1. The highest BCUT2D eigenvalue weighted by molar-refractivity contribution is 5.76. The number of nitrogens with one attached hydrogen (secondary N) is 1. The first kappa shape index (κ1) is 15.3. The lowest BCUT2D eigenvalue weighted by Gasteiger charge is -2.27. The lowest BCUT2D eigenvalue weighted by Crippen LogP contribution is -2.37. The summed E-state index contributed by atoms with van der Waals surface area (Å²) in [7, 11) is 0. The molecule has 1 aromatic rings. The van der Waals surface area contributed by atoms with Gasteiger partial charge < -0.3 is 9.73 Å². The molecule has 1 saturated heterocycles. The quantitative estimate of drug-likeness (QED) is 0.875. The first-order chi connectivity index (χ1) is 11.3. The summed E-state index contributed by atoms with van der Waals surface area (Å²) >= 11 is 0. The van der Waals surface area contributed by atoms with E-state index in [1.54, 1.807) is 6.26 Å². The highest BCUT2D eigenvalue weighted by atomic mass is 16.3. The predicted molar refractivity (Wildman–Crippen MR) is 88.8 cm³/mol. The summed E-state index contributed by atoms with van der Waals surface area (Å²) in [6.07, 6.45) is 10.4. The number of rotatable bonds is 6. The normalized spacial score (nSPS) is 31.6. The van der Waals surface area contributed by atoms with Crippen molar-refractivity contribution >= 4 is 5.91 Å². The minimum atomic E-state index is 0.191. The Hall–Kier alpha value is -1.29. The smallest absolute Gasteiger partial charge is 0.220 e. The molecule has 2 saturated carbocycles. The Morgan fingerprint density at radius 3 is 2.83 bits per heavy atom. The molecule has 0 aromatic carbocycles. The number of furan rings is 1. The monoisotopic (exact) mass is 316 g/mol.